The third kappa shape index (κ3) is 6.51. The van der Waals surface area contributed by atoms with Gasteiger partial charge in [0.05, 0.1) is 30.3 Å². The lowest BCUT2D eigenvalue weighted by Gasteiger charge is -2.47. The number of benzene rings is 1. The van der Waals surface area contributed by atoms with Crippen molar-refractivity contribution in [3.8, 4) is 0 Å². The van der Waals surface area contributed by atoms with E-state index in [4.69, 9.17) is 19.7 Å². The van der Waals surface area contributed by atoms with E-state index in [0.29, 0.717) is 79.9 Å². The zero-order valence-electron chi connectivity index (χ0n) is 23.9. The standard InChI is InChI=1S/C31H34F2N6O3S/c1-21-12-27(37-42-21)18-41-20-31-14-22(15-34)29(36-26-4-2-24(32)3-5-26)13-23(31)8-11-39(19-31)43(40)28-6-7-30(35-16-28)38-10-9-25(33)17-38/h2-7,12-13,15-16,22,25,34H,8-11,14,17-20H2,1H3. The first-order valence-electron chi connectivity index (χ1n) is 14.4. The number of aliphatic imine (C=N–C) groups is 1. The third-order valence-electron chi connectivity index (χ3n) is 8.31. The molecule has 4 unspecified atom stereocenters. The van der Waals surface area contributed by atoms with Crippen LogP contribution in [0.15, 0.2) is 74.7 Å². The van der Waals surface area contributed by atoms with Crippen molar-refractivity contribution in [2.45, 2.75) is 43.9 Å². The molecule has 2 aliphatic heterocycles. The number of halogens is 2. The van der Waals surface area contributed by atoms with E-state index >= 15 is 0 Å². The fourth-order valence-corrected chi connectivity index (χ4v) is 7.35. The minimum absolute atomic E-state index is 0.267. The van der Waals surface area contributed by atoms with Crippen LogP contribution in [-0.4, -0.2) is 69.5 Å². The van der Waals surface area contributed by atoms with Gasteiger partial charge in [0, 0.05) is 55.2 Å². The third-order valence-corrected chi connectivity index (χ3v) is 9.73. The maximum atomic E-state index is 13.8. The molecule has 6 rings (SSSR count). The first-order valence-corrected chi connectivity index (χ1v) is 15.5. The number of ether oxygens (including phenoxy) is 1. The van der Waals surface area contributed by atoms with E-state index in [1.807, 2.05) is 34.3 Å². The van der Waals surface area contributed by atoms with Gasteiger partial charge in [-0.2, -0.15) is 0 Å². The van der Waals surface area contributed by atoms with Crippen LogP contribution in [0.1, 0.15) is 30.7 Å². The maximum absolute atomic E-state index is 13.8. The number of aryl methyl sites for hydroxylation is 1. The van der Waals surface area contributed by atoms with E-state index < -0.39 is 22.6 Å². The van der Waals surface area contributed by atoms with Crippen molar-refractivity contribution in [3.05, 3.63) is 77.6 Å². The van der Waals surface area contributed by atoms with Crippen LogP contribution >= 0.6 is 0 Å². The van der Waals surface area contributed by atoms with Crippen LogP contribution in [0.5, 0.6) is 0 Å². The second-order valence-corrected chi connectivity index (χ2v) is 12.9. The van der Waals surface area contributed by atoms with Gasteiger partial charge in [0.1, 0.15) is 40.2 Å². The second-order valence-electron chi connectivity index (χ2n) is 11.4. The summed E-state index contributed by atoms with van der Waals surface area (Å²) in [6.45, 7) is 4.38. The van der Waals surface area contributed by atoms with Gasteiger partial charge in [0.25, 0.3) is 0 Å². The van der Waals surface area contributed by atoms with E-state index in [0.717, 1.165) is 11.3 Å². The number of piperidine rings is 1. The number of allylic oxidation sites excluding steroid dienone is 1. The molecule has 2 aromatic heterocycles. The average molecular weight is 609 g/mol. The number of nitrogens with one attached hydrogen (secondary N) is 1. The molecule has 2 saturated heterocycles. The van der Waals surface area contributed by atoms with Gasteiger partial charge in [0.15, 0.2) is 0 Å². The lowest BCUT2D eigenvalue weighted by Crippen LogP contribution is -2.51. The highest BCUT2D eigenvalue weighted by Crippen LogP contribution is 2.45. The van der Waals surface area contributed by atoms with Crippen LogP contribution in [0.2, 0.25) is 0 Å². The minimum atomic E-state index is -1.48. The van der Waals surface area contributed by atoms with Crippen LogP contribution in [0.3, 0.4) is 0 Å². The Hall–Kier alpha value is -3.61. The summed E-state index contributed by atoms with van der Waals surface area (Å²) in [4.78, 5) is 11.7. The van der Waals surface area contributed by atoms with Crippen LogP contribution < -0.4 is 4.90 Å². The van der Waals surface area contributed by atoms with Crippen molar-refractivity contribution < 1.29 is 22.2 Å². The molecule has 4 heterocycles. The first kappa shape index (κ1) is 29.5. The molecule has 1 N–H and O–H groups in total. The molecule has 4 atom stereocenters. The van der Waals surface area contributed by atoms with Gasteiger partial charge in [-0.25, -0.2) is 22.3 Å². The monoisotopic (exact) mass is 608 g/mol. The normalized spacial score (nSPS) is 25.9. The van der Waals surface area contributed by atoms with Gasteiger partial charge in [-0.05, 0) is 68.7 Å². The zero-order valence-corrected chi connectivity index (χ0v) is 24.7. The summed E-state index contributed by atoms with van der Waals surface area (Å²) in [6.07, 6.45) is 5.88. The van der Waals surface area contributed by atoms with Crippen molar-refractivity contribution in [1.82, 2.24) is 14.4 Å². The first-order chi connectivity index (χ1) is 20.8. The number of fused-ring (bicyclic) bond motifs is 1. The van der Waals surface area contributed by atoms with Gasteiger partial charge in [-0.1, -0.05) is 10.7 Å². The topological polar surface area (TPSA) is 108 Å². The fraction of sp³-hybridized carbons (Fsp3) is 0.419. The molecule has 0 amide bonds. The van der Waals surface area contributed by atoms with Crippen molar-refractivity contribution in [2.75, 3.05) is 37.7 Å². The molecule has 12 heteroatoms. The molecule has 0 radical (unpaired) electrons. The predicted octanol–water partition coefficient (Wildman–Crippen LogP) is 5.37. The smallest absolute Gasteiger partial charge is 0.134 e. The second kappa shape index (κ2) is 12.6. The number of aromatic nitrogens is 2. The highest BCUT2D eigenvalue weighted by Gasteiger charge is 2.46. The Labute approximate surface area is 251 Å². The summed E-state index contributed by atoms with van der Waals surface area (Å²) >= 11 is 0. The SMILES string of the molecule is Cc1cc(COCC23CC(C=N)C(=Nc4ccc(F)cc4)C=C2CCN(S(=O)c2ccc(N4CCC(F)C4)nc2)C3)no1. The number of rotatable bonds is 9. The Kier molecular flexibility index (Phi) is 8.60. The van der Waals surface area contributed by atoms with Gasteiger partial charge >= 0.3 is 0 Å². The van der Waals surface area contributed by atoms with Crippen LogP contribution in [0.25, 0.3) is 0 Å². The largest absolute Gasteiger partial charge is 0.374 e. The Morgan fingerprint density at radius 3 is 2.77 bits per heavy atom. The molecule has 9 nitrogen and oxygen atoms in total. The molecule has 3 aliphatic rings. The van der Waals surface area contributed by atoms with Gasteiger partial charge in [0.2, 0.25) is 0 Å². The summed E-state index contributed by atoms with van der Waals surface area (Å²) in [7, 11) is -1.48. The molecular formula is C31H34F2N6O3S. The lowest BCUT2D eigenvalue weighted by atomic mass is 9.66. The number of pyridine rings is 1. The minimum Gasteiger partial charge on any atom is -0.374 e. The summed E-state index contributed by atoms with van der Waals surface area (Å²) in [6, 6.07) is 11.4. The molecule has 1 aromatic carbocycles. The predicted molar refractivity (Wildman–Crippen MR) is 160 cm³/mol. The zero-order chi connectivity index (χ0) is 30.0. The number of anilines is 1. The molecule has 0 bridgehead atoms. The molecule has 43 heavy (non-hydrogen) atoms. The molecule has 226 valence electrons. The maximum Gasteiger partial charge on any atom is 0.134 e. The van der Waals surface area contributed by atoms with Crippen LogP contribution in [0, 0.1) is 29.5 Å². The van der Waals surface area contributed by atoms with Crippen molar-refractivity contribution in [3.63, 3.8) is 0 Å². The van der Waals surface area contributed by atoms with E-state index in [1.165, 1.54) is 18.3 Å². The highest BCUT2D eigenvalue weighted by molar-refractivity contribution is 7.82. The van der Waals surface area contributed by atoms with Crippen molar-refractivity contribution >= 4 is 34.4 Å². The van der Waals surface area contributed by atoms with Crippen molar-refractivity contribution in [2.24, 2.45) is 16.3 Å². The van der Waals surface area contributed by atoms with E-state index in [1.54, 1.807) is 24.4 Å². The number of hydrogen-bond donors (Lipinski definition) is 1. The molecule has 2 fully saturated rings. The molecule has 3 aromatic rings. The molecule has 1 aliphatic carbocycles. The molecular weight excluding hydrogens is 574 g/mol. The number of alkyl halides is 1. The van der Waals surface area contributed by atoms with E-state index in [9.17, 15) is 13.0 Å². The summed E-state index contributed by atoms with van der Waals surface area (Å²) < 4.78 is 54.3. The fourth-order valence-electron chi connectivity index (χ4n) is 6.10. The van der Waals surface area contributed by atoms with E-state index in [-0.39, 0.29) is 18.3 Å². The summed E-state index contributed by atoms with van der Waals surface area (Å²) in [5.74, 6) is 0.754. The highest BCUT2D eigenvalue weighted by atomic mass is 32.2. The van der Waals surface area contributed by atoms with E-state index in [2.05, 4.69) is 10.1 Å². The summed E-state index contributed by atoms with van der Waals surface area (Å²) in [5.41, 5.74) is 2.66. The Morgan fingerprint density at radius 2 is 2.09 bits per heavy atom. The Morgan fingerprint density at radius 1 is 1.26 bits per heavy atom. The Bertz CT molecular complexity index is 1540. The Balaban J connectivity index is 1.25. The summed E-state index contributed by atoms with van der Waals surface area (Å²) in [5, 5.41) is 12.3. The molecule has 0 spiro atoms. The average Bonchev–Trinajstić information content (AvgIpc) is 3.65. The van der Waals surface area contributed by atoms with Gasteiger partial charge in [-0.15, -0.1) is 0 Å². The van der Waals surface area contributed by atoms with Gasteiger partial charge in [-0.3, -0.25) is 4.99 Å². The van der Waals surface area contributed by atoms with Crippen LogP contribution in [-0.2, 0) is 22.3 Å². The van der Waals surface area contributed by atoms with Crippen molar-refractivity contribution in [1.29, 1.82) is 5.41 Å². The number of hydrogen-bond acceptors (Lipinski definition) is 8. The van der Waals surface area contributed by atoms with Crippen LogP contribution in [0.4, 0.5) is 20.3 Å². The molecule has 0 saturated carbocycles. The number of nitrogens with zero attached hydrogens (tertiary/aromatic N) is 5. The lowest BCUT2D eigenvalue weighted by molar-refractivity contribution is 0.0232. The van der Waals surface area contributed by atoms with Gasteiger partial charge < -0.3 is 19.6 Å². The quantitative estimate of drug-likeness (QED) is 0.328.